The fraction of sp³-hybridized carbons (Fsp3) is 0.308. The maximum atomic E-state index is 10.9. The van der Waals surface area contributed by atoms with E-state index in [-0.39, 0.29) is 12.8 Å². The monoisotopic (exact) mass is 278 g/mol. The van der Waals surface area contributed by atoms with Gasteiger partial charge in [-0.3, -0.25) is 4.79 Å². The molecule has 19 heavy (non-hydrogen) atoms. The van der Waals surface area contributed by atoms with Crippen molar-refractivity contribution in [2.24, 2.45) is 0 Å². The molecule has 0 saturated heterocycles. The van der Waals surface area contributed by atoms with E-state index in [2.05, 4.69) is 4.98 Å². The van der Waals surface area contributed by atoms with Gasteiger partial charge in [-0.15, -0.1) is 11.3 Å². The standard InChI is InChI=1S/C13H13NO4S/c1-8(15)18-9(7-13(16)17)6-12-14-10-4-2-3-5-11(10)19-12/h2-5,9H,6-7H2,1H3,(H,16,17)/p-1/t9-/m1/s1. The highest BCUT2D eigenvalue weighted by atomic mass is 32.1. The molecule has 1 aromatic carbocycles. The van der Waals surface area contributed by atoms with Gasteiger partial charge in [0.2, 0.25) is 0 Å². The summed E-state index contributed by atoms with van der Waals surface area (Å²) >= 11 is 1.46. The van der Waals surface area contributed by atoms with E-state index >= 15 is 0 Å². The SMILES string of the molecule is CC(=O)O[C@@H](CC(=O)[O-])Cc1nc2ccccc2s1. The maximum Gasteiger partial charge on any atom is 0.302 e. The first-order valence-corrected chi connectivity index (χ1v) is 6.58. The molecule has 1 atom stereocenters. The van der Waals surface area contributed by atoms with Crippen LogP contribution < -0.4 is 5.11 Å². The lowest BCUT2D eigenvalue weighted by atomic mass is 10.2. The third-order valence-electron chi connectivity index (χ3n) is 2.47. The molecule has 0 N–H and O–H groups in total. The fourth-order valence-electron chi connectivity index (χ4n) is 1.78. The molecule has 2 rings (SSSR count). The van der Waals surface area contributed by atoms with E-state index in [4.69, 9.17) is 4.74 Å². The third kappa shape index (κ3) is 3.75. The van der Waals surface area contributed by atoms with Crippen LogP contribution in [-0.4, -0.2) is 23.0 Å². The summed E-state index contributed by atoms with van der Waals surface area (Å²) in [5.74, 6) is -1.75. The highest BCUT2D eigenvalue weighted by Crippen LogP contribution is 2.23. The zero-order valence-electron chi connectivity index (χ0n) is 10.3. The maximum absolute atomic E-state index is 10.9. The number of ether oxygens (including phenoxy) is 1. The number of aliphatic carboxylic acids is 1. The molecule has 0 amide bonds. The number of para-hydroxylation sites is 1. The first-order valence-electron chi connectivity index (χ1n) is 5.76. The van der Waals surface area contributed by atoms with Gasteiger partial charge in [-0.25, -0.2) is 4.98 Å². The predicted molar refractivity (Wildman–Crippen MR) is 68.5 cm³/mol. The van der Waals surface area contributed by atoms with Crippen LogP contribution in [0, 0.1) is 0 Å². The van der Waals surface area contributed by atoms with Gasteiger partial charge in [0.15, 0.2) is 0 Å². The van der Waals surface area contributed by atoms with Crippen molar-refractivity contribution in [2.45, 2.75) is 25.9 Å². The summed E-state index contributed by atoms with van der Waals surface area (Å²) in [6.07, 6.45) is -0.773. The number of aromatic nitrogens is 1. The fourth-order valence-corrected chi connectivity index (χ4v) is 2.81. The summed E-state index contributed by atoms with van der Waals surface area (Å²) in [6, 6.07) is 7.62. The van der Waals surface area contributed by atoms with Crippen LogP contribution in [0.1, 0.15) is 18.4 Å². The van der Waals surface area contributed by atoms with Gasteiger partial charge in [-0.05, 0) is 12.1 Å². The van der Waals surface area contributed by atoms with Crippen molar-refractivity contribution in [1.82, 2.24) is 4.98 Å². The molecule has 1 aromatic heterocycles. The quantitative estimate of drug-likeness (QED) is 0.759. The van der Waals surface area contributed by atoms with Gasteiger partial charge in [0.05, 0.1) is 15.2 Å². The smallest absolute Gasteiger partial charge is 0.302 e. The van der Waals surface area contributed by atoms with Crippen LogP contribution in [0.3, 0.4) is 0 Å². The molecule has 0 saturated carbocycles. The molecular weight excluding hydrogens is 266 g/mol. The van der Waals surface area contributed by atoms with E-state index in [1.54, 1.807) is 0 Å². The van der Waals surface area contributed by atoms with Crippen LogP contribution in [0.5, 0.6) is 0 Å². The summed E-state index contributed by atoms with van der Waals surface area (Å²) in [5.41, 5.74) is 0.859. The topological polar surface area (TPSA) is 79.3 Å². The molecule has 0 radical (unpaired) electrons. The molecule has 0 bridgehead atoms. The highest BCUT2D eigenvalue weighted by molar-refractivity contribution is 7.18. The third-order valence-corrected chi connectivity index (χ3v) is 3.53. The Hall–Kier alpha value is -1.95. The molecule has 0 spiro atoms. The minimum Gasteiger partial charge on any atom is -0.550 e. The second kappa shape index (κ2) is 5.79. The van der Waals surface area contributed by atoms with Gasteiger partial charge in [0.1, 0.15) is 6.10 Å². The van der Waals surface area contributed by atoms with Crippen LogP contribution in [0.2, 0.25) is 0 Å². The van der Waals surface area contributed by atoms with Gasteiger partial charge >= 0.3 is 5.97 Å². The van der Waals surface area contributed by atoms with E-state index in [1.807, 2.05) is 24.3 Å². The number of carboxylic acids is 1. The molecule has 1 heterocycles. The van der Waals surface area contributed by atoms with Crippen molar-refractivity contribution in [2.75, 3.05) is 0 Å². The summed E-state index contributed by atoms with van der Waals surface area (Å²) in [4.78, 5) is 26.0. The Morgan fingerprint density at radius 3 is 2.79 bits per heavy atom. The first kappa shape index (κ1) is 13.5. The van der Waals surface area contributed by atoms with E-state index in [1.165, 1.54) is 18.3 Å². The van der Waals surface area contributed by atoms with Crippen molar-refractivity contribution in [1.29, 1.82) is 0 Å². The second-order valence-electron chi connectivity index (χ2n) is 4.09. The molecule has 0 unspecified atom stereocenters. The van der Waals surface area contributed by atoms with Crippen LogP contribution in [0.15, 0.2) is 24.3 Å². The summed E-state index contributed by atoms with van der Waals surface area (Å²) in [7, 11) is 0. The molecule has 6 heteroatoms. The van der Waals surface area contributed by atoms with Crippen molar-refractivity contribution in [3.63, 3.8) is 0 Å². The Bertz CT molecular complexity index is 558. The molecule has 0 fully saturated rings. The molecule has 100 valence electrons. The van der Waals surface area contributed by atoms with Gasteiger partial charge in [-0.1, -0.05) is 12.1 Å². The second-order valence-corrected chi connectivity index (χ2v) is 5.20. The summed E-state index contributed by atoms with van der Waals surface area (Å²) in [5, 5.41) is 11.4. The minimum atomic E-state index is -1.24. The number of thiazole rings is 1. The number of rotatable bonds is 5. The number of hydrogen-bond donors (Lipinski definition) is 0. The number of benzene rings is 1. The molecule has 0 aliphatic heterocycles. The Balaban J connectivity index is 2.15. The van der Waals surface area contributed by atoms with Crippen LogP contribution in [0.25, 0.3) is 10.2 Å². The lowest BCUT2D eigenvalue weighted by molar-refractivity contribution is -0.307. The number of carbonyl (C=O) groups is 2. The largest absolute Gasteiger partial charge is 0.550 e. The Morgan fingerprint density at radius 1 is 1.42 bits per heavy atom. The number of hydrogen-bond acceptors (Lipinski definition) is 6. The summed E-state index contributed by atoms with van der Waals surface area (Å²) < 4.78 is 5.99. The van der Waals surface area contributed by atoms with Crippen molar-refractivity contribution in [3.05, 3.63) is 29.3 Å². The molecule has 5 nitrogen and oxygen atoms in total. The number of fused-ring (bicyclic) bond motifs is 1. The van der Waals surface area contributed by atoms with Gasteiger partial charge < -0.3 is 14.6 Å². The average molecular weight is 278 g/mol. The Kier molecular flexibility index (Phi) is 4.11. The predicted octanol–water partition coefficient (Wildman–Crippen LogP) is 0.910. The highest BCUT2D eigenvalue weighted by Gasteiger charge is 2.16. The number of esters is 1. The van der Waals surface area contributed by atoms with Crippen molar-refractivity contribution < 1.29 is 19.4 Å². The van der Waals surface area contributed by atoms with Gasteiger partial charge in [-0.2, -0.15) is 0 Å². The van der Waals surface area contributed by atoms with Gasteiger partial charge in [0.25, 0.3) is 0 Å². The molecule has 0 aliphatic rings. The Morgan fingerprint density at radius 2 is 2.16 bits per heavy atom. The van der Waals surface area contributed by atoms with Crippen LogP contribution in [0.4, 0.5) is 0 Å². The number of carbonyl (C=O) groups excluding carboxylic acids is 2. The molecule has 2 aromatic rings. The normalized spacial score (nSPS) is 12.3. The lowest BCUT2D eigenvalue weighted by Gasteiger charge is -2.15. The van der Waals surface area contributed by atoms with E-state index in [0.717, 1.165) is 15.2 Å². The van der Waals surface area contributed by atoms with Crippen molar-refractivity contribution >= 4 is 33.5 Å². The van der Waals surface area contributed by atoms with Crippen molar-refractivity contribution in [3.8, 4) is 0 Å². The zero-order valence-corrected chi connectivity index (χ0v) is 11.1. The van der Waals surface area contributed by atoms with Gasteiger partial charge in [0, 0.05) is 25.7 Å². The lowest BCUT2D eigenvalue weighted by Crippen LogP contribution is -2.31. The van der Waals surface area contributed by atoms with E-state index in [0.29, 0.717) is 0 Å². The molecule has 0 aliphatic carbocycles. The number of nitrogens with zero attached hydrogens (tertiary/aromatic N) is 1. The first-order chi connectivity index (χ1) is 9.04. The number of carboxylic acid groups (broad SMARTS) is 1. The molecular formula is C13H12NO4S-. The van der Waals surface area contributed by atoms with E-state index < -0.39 is 18.0 Å². The minimum absolute atomic E-state index is 0.285. The van der Waals surface area contributed by atoms with E-state index in [9.17, 15) is 14.7 Å². The zero-order chi connectivity index (χ0) is 13.8. The summed E-state index contributed by atoms with van der Waals surface area (Å²) in [6.45, 7) is 1.25. The van der Waals surface area contributed by atoms with Crippen LogP contribution >= 0.6 is 11.3 Å². The van der Waals surface area contributed by atoms with Crippen LogP contribution in [-0.2, 0) is 20.7 Å². The Labute approximate surface area is 113 Å². The average Bonchev–Trinajstić information content (AvgIpc) is 2.68.